The molecule has 0 amide bonds. The van der Waals surface area contributed by atoms with Crippen LogP contribution in [0.15, 0.2) is 60.7 Å². The molecule has 3 nitrogen and oxygen atoms in total. The molecule has 0 saturated heterocycles. The summed E-state index contributed by atoms with van der Waals surface area (Å²) in [5, 5.41) is -6.82. The van der Waals surface area contributed by atoms with E-state index >= 15 is 0 Å². The molecule has 0 fully saturated rings. The first-order valence-corrected chi connectivity index (χ1v) is 9.36. The average Bonchev–Trinajstić information content (AvgIpc) is 2.66. The zero-order chi connectivity index (χ0) is 23.0. The van der Waals surface area contributed by atoms with Crippen molar-refractivity contribution in [1.29, 1.82) is 0 Å². The number of halogens is 9. The van der Waals surface area contributed by atoms with Crippen LogP contribution in [-0.4, -0.2) is 31.7 Å². The van der Waals surface area contributed by atoms with Crippen molar-refractivity contribution in [2.75, 3.05) is 0 Å². The van der Waals surface area contributed by atoms with Crippen molar-refractivity contribution in [3.05, 3.63) is 71.8 Å². The van der Waals surface area contributed by atoms with Gasteiger partial charge >= 0.3 is 23.3 Å². The minimum absolute atomic E-state index is 0.0611. The summed E-state index contributed by atoms with van der Waals surface area (Å²) in [4.78, 5) is 0. The number of hydrogen-bond acceptors (Lipinski definition) is 2. The van der Waals surface area contributed by atoms with Crippen LogP contribution in [0, 0.1) is 0 Å². The van der Waals surface area contributed by atoms with Gasteiger partial charge in [-0.2, -0.15) is 44.2 Å². The highest BCUT2D eigenvalue weighted by Gasteiger charge is 2.85. The summed E-state index contributed by atoms with van der Waals surface area (Å²) >= 11 is 0. The number of nitrogens with one attached hydrogen (secondary N) is 1. The maximum atomic E-state index is 14.0. The van der Waals surface area contributed by atoms with E-state index in [0.29, 0.717) is 0 Å². The third-order valence-corrected chi connectivity index (χ3v) is 5.47. The Hall–Kier alpha value is -2.28. The molecule has 1 N–H and O–H groups in total. The van der Waals surface area contributed by atoms with Crippen LogP contribution >= 0.6 is 0 Å². The van der Waals surface area contributed by atoms with E-state index < -0.39 is 39.3 Å². The van der Waals surface area contributed by atoms with E-state index in [1.165, 1.54) is 60.7 Å². The zero-order valence-electron chi connectivity index (χ0n) is 14.5. The van der Waals surface area contributed by atoms with Gasteiger partial charge in [0.15, 0.2) is 0 Å². The highest BCUT2D eigenvalue weighted by atomic mass is 32.2. The van der Waals surface area contributed by atoms with Gasteiger partial charge in [0, 0.05) is 0 Å². The van der Waals surface area contributed by atoms with Crippen molar-refractivity contribution < 1.29 is 47.9 Å². The van der Waals surface area contributed by atoms with Crippen molar-refractivity contribution in [1.82, 2.24) is 4.72 Å². The van der Waals surface area contributed by atoms with Crippen LogP contribution in [0.25, 0.3) is 0 Å². The van der Waals surface area contributed by atoms with Crippen LogP contribution < -0.4 is 4.72 Å². The lowest BCUT2D eigenvalue weighted by Gasteiger charge is -2.34. The lowest BCUT2D eigenvalue weighted by molar-refractivity contribution is -0.382. The van der Waals surface area contributed by atoms with E-state index in [1.807, 2.05) is 0 Å². The van der Waals surface area contributed by atoms with E-state index in [-0.39, 0.29) is 11.1 Å². The molecule has 0 saturated carbocycles. The van der Waals surface area contributed by atoms with Crippen molar-refractivity contribution in [3.63, 3.8) is 0 Å². The predicted octanol–water partition coefficient (Wildman–Crippen LogP) is 5.12. The highest BCUT2D eigenvalue weighted by Crippen LogP contribution is 2.54. The first kappa shape index (κ1) is 24.0. The second kappa shape index (κ2) is 7.76. The lowest BCUT2D eigenvalue weighted by Crippen LogP contribution is -2.65. The summed E-state index contributed by atoms with van der Waals surface area (Å²) in [6.07, 6.45) is -7.13. The smallest absolute Gasteiger partial charge is 0.206 e. The van der Waals surface area contributed by atoms with E-state index in [2.05, 4.69) is 0 Å². The highest BCUT2D eigenvalue weighted by molar-refractivity contribution is 7.90. The van der Waals surface area contributed by atoms with Crippen molar-refractivity contribution >= 4 is 10.0 Å². The number of alkyl halides is 9. The predicted molar refractivity (Wildman–Crippen MR) is 87.7 cm³/mol. The molecule has 0 heterocycles. The number of benzene rings is 2. The Kier molecular flexibility index (Phi) is 6.21. The van der Waals surface area contributed by atoms with Gasteiger partial charge in [0.25, 0.3) is 10.0 Å². The molecular weight excluding hydrogens is 453 g/mol. The minimum Gasteiger partial charge on any atom is -0.206 e. The van der Waals surface area contributed by atoms with Gasteiger partial charge in [-0.1, -0.05) is 60.7 Å². The molecule has 0 aliphatic rings. The van der Waals surface area contributed by atoms with E-state index in [9.17, 15) is 47.9 Å². The Morgan fingerprint density at radius 2 is 1.00 bits per heavy atom. The van der Waals surface area contributed by atoms with Crippen LogP contribution in [0.3, 0.4) is 0 Å². The molecular formula is C17H12F9NO2S. The van der Waals surface area contributed by atoms with Crippen molar-refractivity contribution in [2.45, 2.75) is 29.3 Å². The van der Waals surface area contributed by atoms with E-state index in [0.717, 1.165) is 4.72 Å². The Balaban J connectivity index is 2.55. The van der Waals surface area contributed by atoms with Gasteiger partial charge in [-0.25, -0.2) is 8.42 Å². The molecule has 0 aliphatic carbocycles. The van der Waals surface area contributed by atoms with E-state index in [1.54, 1.807) is 0 Å². The summed E-state index contributed by atoms with van der Waals surface area (Å²) in [7, 11) is -6.77. The molecule has 0 unspecified atom stereocenters. The average molecular weight is 465 g/mol. The third kappa shape index (κ3) is 4.00. The molecule has 0 bridgehead atoms. The lowest BCUT2D eigenvalue weighted by atomic mass is 10.00. The van der Waals surface area contributed by atoms with Gasteiger partial charge < -0.3 is 0 Å². The maximum absolute atomic E-state index is 14.0. The van der Waals surface area contributed by atoms with Gasteiger partial charge in [0.05, 0.1) is 6.04 Å². The molecule has 2 aromatic carbocycles. The van der Waals surface area contributed by atoms with Crippen LogP contribution in [0.5, 0.6) is 0 Å². The van der Waals surface area contributed by atoms with Gasteiger partial charge in [0.2, 0.25) is 0 Å². The summed E-state index contributed by atoms with van der Waals surface area (Å²) in [6, 6.07) is 11.3. The standard InChI is InChI=1S/C17H12F9NO2S/c18-14(19,16(22,23)24)15(20,21)17(25,26)30(28,29)27-13(11-7-3-1-4-8-11)12-9-5-2-6-10-12/h1-10,13,27H. The summed E-state index contributed by atoms with van der Waals surface area (Å²) < 4.78 is 143. The Morgan fingerprint density at radius 3 is 1.33 bits per heavy atom. The second-order valence-corrected chi connectivity index (χ2v) is 7.79. The first-order chi connectivity index (χ1) is 13.6. The van der Waals surface area contributed by atoms with Crippen LogP contribution in [0.4, 0.5) is 39.5 Å². The third-order valence-electron chi connectivity index (χ3n) is 3.99. The fourth-order valence-electron chi connectivity index (χ4n) is 2.38. The Morgan fingerprint density at radius 1 is 0.633 bits per heavy atom. The monoisotopic (exact) mass is 465 g/mol. The van der Waals surface area contributed by atoms with Crippen LogP contribution in [0.1, 0.15) is 17.2 Å². The quantitative estimate of drug-likeness (QED) is 0.577. The molecule has 13 heteroatoms. The van der Waals surface area contributed by atoms with Gasteiger partial charge in [-0.05, 0) is 11.1 Å². The number of rotatable bonds is 7. The largest absolute Gasteiger partial charge is 0.460 e. The topological polar surface area (TPSA) is 46.2 Å². The molecule has 166 valence electrons. The minimum atomic E-state index is -7.33. The van der Waals surface area contributed by atoms with Crippen molar-refractivity contribution in [3.8, 4) is 0 Å². The summed E-state index contributed by atoms with van der Waals surface area (Å²) in [5.74, 6) is -14.6. The molecule has 0 spiro atoms. The molecule has 2 aromatic rings. The fraction of sp³-hybridized carbons (Fsp3) is 0.294. The van der Waals surface area contributed by atoms with Crippen LogP contribution in [0.2, 0.25) is 0 Å². The molecule has 0 aliphatic heterocycles. The molecule has 0 radical (unpaired) electrons. The van der Waals surface area contributed by atoms with Crippen molar-refractivity contribution in [2.24, 2.45) is 0 Å². The van der Waals surface area contributed by atoms with Gasteiger partial charge in [0.1, 0.15) is 0 Å². The second-order valence-electron chi connectivity index (χ2n) is 6.04. The molecule has 0 aromatic heterocycles. The number of hydrogen-bond donors (Lipinski definition) is 1. The Labute approximate surface area is 164 Å². The Bertz CT molecular complexity index is 922. The molecule has 2 rings (SSSR count). The van der Waals surface area contributed by atoms with Gasteiger partial charge in [-0.3, -0.25) is 0 Å². The number of sulfonamides is 1. The zero-order valence-corrected chi connectivity index (χ0v) is 15.3. The fourth-order valence-corrected chi connectivity index (χ4v) is 3.57. The maximum Gasteiger partial charge on any atom is 0.460 e. The summed E-state index contributed by atoms with van der Waals surface area (Å²) in [5.41, 5.74) is -0.122. The van der Waals surface area contributed by atoms with E-state index in [4.69, 9.17) is 0 Å². The SMILES string of the molecule is O=S(=O)(NC(c1ccccc1)c1ccccc1)C(F)(F)C(F)(F)C(F)(F)C(F)(F)F. The van der Waals surface area contributed by atoms with Gasteiger partial charge in [-0.15, -0.1) is 0 Å². The molecule has 0 atom stereocenters. The normalized spacial score (nSPS) is 14.2. The summed E-state index contributed by atoms with van der Waals surface area (Å²) in [6.45, 7) is 0. The molecule has 30 heavy (non-hydrogen) atoms. The van der Waals surface area contributed by atoms with Crippen LogP contribution in [-0.2, 0) is 10.0 Å². The first-order valence-electron chi connectivity index (χ1n) is 7.88.